The molecule has 2 fully saturated rings. The Morgan fingerprint density at radius 3 is 2.44 bits per heavy atom. The molecule has 90 valence electrons. The van der Waals surface area contributed by atoms with Gasteiger partial charge in [0.15, 0.2) is 0 Å². The highest BCUT2D eigenvalue weighted by Crippen LogP contribution is 2.44. The standard InChI is InChI=1S/C12H17F2NO/c1-9-2-4-15(5-3-9)11(16)6-10-7-12(13,14)8-10/h10H,1-8H2. The molecule has 0 aromatic rings. The predicted octanol–water partition coefficient (Wildman–Crippen LogP) is 2.60. The fourth-order valence-corrected chi connectivity index (χ4v) is 2.38. The Labute approximate surface area is 94.3 Å². The third-order valence-electron chi connectivity index (χ3n) is 3.46. The smallest absolute Gasteiger partial charge is 0.248 e. The minimum atomic E-state index is -2.51. The van der Waals surface area contributed by atoms with Crippen LogP contribution < -0.4 is 0 Å². The second-order valence-corrected chi connectivity index (χ2v) is 4.97. The maximum Gasteiger partial charge on any atom is 0.248 e. The molecular formula is C12H17F2NO. The molecular weight excluding hydrogens is 212 g/mol. The van der Waals surface area contributed by atoms with Crippen molar-refractivity contribution in [3.05, 3.63) is 12.2 Å². The normalized spacial score (nSPS) is 25.4. The number of nitrogens with zero attached hydrogens (tertiary/aromatic N) is 1. The van der Waals surface area contributed by atoms with Crippen molar-refractivity contribution in [1.82, 2.24) is 4.90 Å². The second kappa shape index (κ2) is 4.15. The number of hydrogen-bond donors (Lipinski definition) is 0. The summed E-state index contributed by atoms with van der Waals surface area (Å²) in [6, 6.07) is 0. The van der Waals surface area contributed by atoms with Gasteiger partial charge in [-0.2, -0.15) is 0 Å². The van der Waals surface area contributed by atoms with Crippen LogP contribution in [0.1, 0.15) is 32.1 Å². The summed E-state index contributed by atoms with van der Waals surface area (Å²) in [6.45, 7) is 5.30. The first kappa shape index (κ1) is 11.6. The quantitative estimate of drug-likeness (QED) is 0.666. The van der Waals surface area contributed by atoms with E-state index in [1.165, 1.54) is 5.57 Å². The van der Waals surface area contributed by atoms with Crippen LogP contribution in [-0.4, -0.2) is 29.8 Å². The maximum atomic E-state index is 12.6. The SMILES string of the molecule is C=C1CCN(C(=O)CC2CC(F)(F)C2)CC1. The monoisotopic (exact) mass is 229 g/mol. The maximum absolute atomic E-state index is 12.6. The first-order chi connectivity index (χ1) is 7.46. The molecule has 0 bridgehead atoms. The Balaban J connectivity index is 1.74. The molecule has 2 nitrogen and oxygen atoms in total. The summed E-state index contributed by atoms with van der Waals surface area (Å²) < 4.78 is 25.2. The average Bonchev–Trinajstić information content (AvgIpc) is 2.15. The third kappa shape index (κ3) is 2.60. The summed E-state index contributed by atoms with van der Waals surface area (Å²) in [5.41, 5.74) is 1.18. The van der Waals surface area contributed by atoms with Gasteiger partial charge in [0.25, 0.3) is 0 Å². The number of carbonyl (C=O) groups excluding carboxylic acids is 1. The molecule has 1 saturated carbocycles. The Hall–Kier alpha value is -0.930. The lowest BCUT2D eigenvalue weighted by Crippen LogP contribution is -2.41. The van der Waals surface area contributed by atoms with E-state index in [2.05, 4.69) is 6.58 Å². The van der Waals surface area contributed by atoms with Gasteiger partial charge in [-0.25, -0.2) is 8.78 Å². The van der Waals surface area contributed by atoms with Gasteiger partial charge in [-0.3, -0.25) is 4.79 Å². The topological polar surface area (TPSA) is 20.3 Å². The third-order valence-corrected chi connectivity index (χ3v) is 3.46. The molecule has 1 amide bonds. The van der Waals surface area contributed by atoms with Crippen molar-refractivity contribution < 1.29 is 13.6 Å². The molecule has 0 aromatic carbocycles. The minimum Gasteiger partial charge on any atom is -0.342 e. The van der Waals surface area contributed by atoms with Crippen molar-refractivity contribution in [3.8, 4) is 0 Å². The van der Waals surface area contributed by atoms with Crippen molar-refractivity contribution in [2.45, 2.75) is 38.0 Å². The molecule has 0 unspecified atom stereocenters. The van der Waals surface area contributed by atoms with Crippen molar-refractivity contribution >= 4 is 5.91 Å². The van der Waals surface area contributed by atoms with E-state index >= 15 is 0 Å². The van der Waals surface area contributed by atoms with E-state index in [1.54, 1.807) is 4.90 Å². The van der Waals surface area contributed by atoms with Crippen LogP contribution in [0.25, 0.3) is 0 Å². The first-order valence-corrected chi connectivity index (χ1v) is 5.78. The summed E-state index contributed by atoms with van der Waals surface area (Å²) in [5, 5.41) is 0. The van der Waals surface area contributed by atoms with E-state index in [4.69, 9.17) is 0 Å². The Bertz CT molecular complexity index is 296. The number of alkyl halides is 2. The number of hydrogen-bond acceptors (Lipinski definition) is 1. The van der Waals surface area contributed by atoms with Gasteiger partial charge in [0.2, 0.25) is 11.8 Å². The Kier molecular flexibility index (Phi) is 3.00. The van der Waals surface area contributed by atoms with E-state index in [1.807, 2.05) is 0 Å². The molecule has 4 heteroatoms. The van der Waals surface area contributed by atoms with Crippen LogP contribution in [0.2, 0.25) is 0 Å². The molecule has 1 aliphatic carbocycles. The fourth-order valence-electron chi connectivity index (χ4n) is 2.38. The summed E-state index contributed by atoms with van der Waals surface area (Å²) in [6.07, 6.45) is 1.78. The predicted molar refractivity (Wildman–Crippen MR) is 57.2 cm³/mol. The van der Waals surface area contributed by atoms with Crippen molar-refractivity contribution in [1.29, 1.82) is 0 Å². The lowest BCUT2D eigenvalue weighted by molar-refractivity contribution is -0.142. The van der Waals surface area contributed by atoms with Crippen molar-refractivity contribution in [2.75, 3.05) is 13.1 Å². The molecule has 16 heavy (non-hydrogen) atoms. The highest BCUT2D eigenvalue weighted by atomic mass is 19.3. The highest BCUT2D eigenvalue weighted by Gasteiger charge is 2.46. The van der Waals surface area contributed by atoms with Crippen LogP contribution in [0.3, 0.4) is 0 Å². The number of likely N-dealkylation sites (tertiary alicyclic amines) is 1. The van der Waals surface area contributed by atoms with Gasteiger partial charge in [0.1, 0.15) is 0 Å². The Morgan fingerprint density at radius 1 is 1.38 bits per heavy atom. The van der Waals surface area contributed by atoms with Crippen molar-refractivity contribution in [2.24, 2.45) is 5.92 Å². The molecule has 0 aromatic heterocycles. The summed E-state index contributed by atoms with van der Waals surface area (Å²) in [4.78, 5) is 13.6. The number of amides is 1. The number of carbonyl (C=O) groups is 1. The fraction of sp³-hybridized carbons (Fsp3) is 0.750. The highest BCUT2D eigenvalue weighted by molar-refractivity contribution is 5.76. The van der Waals surface area contributed by atoms with Gasteiger partial charge in [-0.1, -0.05) is 12.2 Å². The van der Waals surface area contributed by atoms with E-state index in [-0.39, 0.29) is 24.7 Å². The lowest BCUT2D eigenvalue weighted by atomic mass is 9.79. The molecule has 0 atom stereocenters. The van der Waals surface area contributed by atoms with E-state index < -0.39 is 5.92 Å². The van der Waals surface area contributed by atoms with Crippen LogP contribution in [-0.2, 0) is 4.79 Å². The lowest BCUT2D eigenvalue weighted by Gasteiger charge is -2.36. The zero-order valence-corrected chi connectivity index (χ0v) is 9.35. The molecule has 0 spiro atoms. The number of rotatable bonds is 2. The van der Waals surface area contributed by atoms with E-state index in [0.29, 0.717) is 19.5 Å². The van der Waals surface area contributed by atoms with Crippen LogP contribution >= 0.6 is 0 Å². The number of halogens is 2. The van der Waals surface area contributed by atoms with Crippen molar-refractivity contribution in [3.63, 3.8) is 0 Å². The zero-order valence-electron chi connectivity index (χ0n) is 9.35. The van der Waals surface area contributed by atoms with E-state index in [0.717, 1.165) is 12.8 Å². The molecule has 1 aliphatic heterocycles. The molecule has 2 rings (SSSR count). The summed E-state index contributed by atoms with van der Waals surface area (Å²) in [7, 11) is 0. The summed E-state index contributed by atoms with van der Waals surface area (Å²) >= 11 is 0. The largest absolute Gasteiger partial charge is 0.342 e. The van der Waals surface area contributed by atoms with Crippen LogP contribution in [0.4, 0.5) is 8.78 Å². The van der Waals surface area contributed by atoms with Gasteiger partial charge in [-0.15, -0.1) is 0 Å². The van der Waals surface area contributed by atoms with Crippen LogP contribution in [0, 0.1) is 5.92 Å². The first-order valence-electron chi connectivity index (χ1n) is 5.78. The minimum absolute atomic E-state index is 0.0352. The second-order valence-electron chi connectivity index (χ2n) is 4.97. The molecule has 1 saturated heterocycles. The average molecular weight is 229 g/mol. The molecule has 1 heterocycles. The van der Waals surface area contributed by atoms with E-state index in [9.17, 15) is 13.6 Å². The van der Waals surface area contributed by atoms with Gasteiger partial charge in [-0.05, 0) is 18.8 Å². The van der Waals surface area contributed by atoms with Gasteiger partial charge in [0.05, 0.1) is 0 Å². The van der Waals surface area contributed by atoms with Gasteiger partial charge < -0.3 is 4.90 Å². The summed E-state index contributed by atoms with van der Waals surface area (Å²) in [5.74, 6) is -2.58. The van der Waals surface area contributed by atoms with Gasteiger partial charge >= 0.3 is 0 Å². The Morgan fingerprint density at radius 2 is 1.94 bits per heavy atom. The molecule has 2 aliphatic rings. The van der Waals surface area contributed by atoms with Crippen LogP contribution in [0.5, 0.6) is 0 Å². The molecule has 0 N–H and O–H groups in total. The van der Waals surface area contributed by atoms with Crippen LogP contribution in [0.15, 0.2) is 12.2 Å². The zero-order chi connectivity index (χ0) is 11.8. The number of piperidine rings is 1. The van der Waals surface area contributed by atoms with Gasteiger partial charge in [0, 0.05) is 32.4 Å². The molecule has 0 radical (unpaired) electrons.